The Morgan fingerprint density at radius 3 is 2.13 bits per heavy atom. The zero-order valence-corrected chi connectivity index (χ0v) is 30.1. The second-order valence-electron chi connectivity index (χ2n) is 12.2. The van der Waals surface area contributed by atoms with E-state index in [1.165, 1.54) is 44.7 Å². The molecule has 0 radical (unpaired) electrons. The number of nitrogens with two attached hydrogens (primary N) is 1. The summed E-state index contributed by atoms with van der Waals surface area (Å²) in [7, 11) is 0. The number of aliphatic carboxylic acids is 2. The number of hydrogen-bond donors (Lipinski definition) is 4. The number of nitrogens with one attached hydrogen (secondary N) is 2. The van der Waals surface area contributed by atoms with E-state index in [-0.39, 0.29) is 23.7 Å². The van der Waals surface area contributed by atoms with Crippen LogP contribution in [0, 0.1) is 0 Å². The zero-order valence-electron chi connectivity index (χ0n) is 27.7. The molecule has 4 aliphatic rings. The van der Waals surface area contributed by atoms with Gasteiger partial charge in [-0.05, 0) is 29.5 Å². The van der Waals surface area contributed by atoms with E-state index in [4.69, 9.17) is 5.73 Å². The van der Waals surface area contributed by atoms with Crippen LogP contribution in [0.15, 0.2) is 101 Å². The van der Waals surface area contributed by atoms with Crippen molar-refractivity contribution < 1.29 is 43.5 Å². The Balaban J connectivity index is 0.000000181. The number of pyridine rings is 1. The Labute approximate surface area is 310 Å². The lowest BCUT2D eigenvalue weighted by Gasteiger charge is -2.50. The van der Waals surface area contributed by atoms with Crippen LogP contribution in [0.4, 0.5) is 0 Å². The molecule has 4 aliphatic heterocycles. The molecule has 2 fully saturated rings. The highest BCUT2D eigenvalue weighted by Crippen LogP contribution is 2.41. The fourth-order valence-electron chi connectivity index (χ4n) is 6.18. The quantitative estimate of drug-likeness (QED) is 0.161. The van der Waals surface area contributed by atoms with Crippen LogP contribution in [-0.4, -0.2) is 84.8 Å². The lowest BCUT2D eigenvalue weighted by atomic mass is 10.0. The molecule has 0 unspecified atom stereocenters. The van der Waals surface area contributed by atoms with Crippen LogP contribution < -0.4 is 26.0 Å². The van der Waals surface area contributed by atoms with E-state index < -0.39 is 58.5 Å². The summed E-state index contributed by atoms with van der Waals surface area (Å²) in [5.74, 6) is -3.06. The van der Waals surface area contributed by atoms with Crippen molar-refractivity contribution in [2.75, 3.05) is 11.5 Å². The summed E-state index contributed by atoms with van der Waals surface area (Å²) in [6.45, 7) is 2.06. The number of carboxylic acid groups (broad SMARTS) is 2. The predicted octanol–water partition coefficient (Wildman–Crippen LogP) is 0.127. The van der Waals surface area contributed by atoms with Crippen molar-refractivity contribution in [1.82, 2.24) is 20.4 Å². The largest absolute Gasteiger partial charge is 0.543 e. The molecular weight excluding hydrogens is 729 g/mol. The Morgan fingerprint density at radius 2 is 1.52 bits per heavy atom. The first-order valence-electron chi connectivity index (χ1n) is 16.1. The van der Waals surface area contributed by atoms with Gasteiger partial charge in [0.25, 0.3) is 11.8 Å². The van der Waals surface area contributed by atoms with E-state index in [2.05, 4.69) is 10.6 Å². The van der Waals surface area contributed by atoms with Gasteiger partial charge in [-0.25, -0.2) is 9.36 Å². The lowest BCUT2D eigenvalue weighted by molar-refractivity contribution is -0.689. The molecule has 2 saturated heterocycles. The van der Waals surface area contributed by atoms with E-state index in [1.807, 2.05) is 58.7 Å². The summed E-state index contributed by atoms with van der Waals surface area (Å²) in [5.41, 5.74) is 7.78. The number of thiophene rings is 1. The average molecular weight is 763 g/mol. The van der Waals surface area contributed by atoms with Crippen molar-refractivity contribution in [2.24, 2.45) is 5.73 Å². The second kappa shape index (κ2) is 15.7. The highest BCUT2D eigenvalue weighted by molar-refractivity contribution is 8.00. The Morgan fingerprint density at radius 1 is 0.904 bits per heavy atom. The number of carbonyl (C=O) groups is 6. The number of aromatic nitrogens is 1. The molecule has 17 heteroatoms. The van der Waals surface area contributed by atoms with Gasteiger partial charge in [0.1, 0.15) is 34.6 Å². The molecule has 5 atom stereocenters. The molecule has 14 nitrogen and oxygen atoms in total. The van der Waals surface area contributed by atoms with Gasteiger partial charge in [-0.3, -0.25) is 29.0 Å². The molecule has 5 N–H and O–H groups in total. The maximum absolute atomic E-state index is 12.6. The minimum absolute atomic E-state index is 0.0154. The van der Waals surface area contributed by atoms with E-state index in [9.17, 15) is 39.0 Å². The number of hydrogen-bond acceptors (Lipinski definition) is 11. The number of fused-ring (bicyclic) bond motifs is 2. The van der Waals surface area contributed by atoms with Crippen molar-refractivity contribution in [3.63, 3.8) is 0 Å². The molecule has 6 heterocycles. The molecule has 0 aliphatic carbocycles. The van der Waals surface area contributed by atoms with Gasteiger partial charge in [0.2, 0.25) is 11.8 Å². The van der Waals surface area contributed by atoms with Crippen LogP contribution in [0.25, 0.3) is 0 Å². The fraction of sp³-hybridized carbons (Fsp3) is 0.286. The van der Waals surface area contributed by atoms with Crippen molar-refractivity contribution in [3.05, 3.63) is 111 Å². The monoisotopic (exact) mass is 762 g/mol. The molecule has 52 heavy (non-hydrogen) atoms. The van der Waals surface area contributed by atoms with E-state index >= 15 is 0 Å². The van der Waals surface area contributed by atoms with Crippen LogP contribution >= 0.6 is 34.9 Å². The summed E-state index contributed by atoms with van der Waals surface area (Å²) in [6.07, 6.45) is 3.88. The molecule has 2 aromatic heterocycles. The number of β-lactam (4-membered cyclic amide) rings is 2. The molecule has 4 amide bonds. The average Bonchev–Trinajstić information content (AvgIpc) is 3.66. The first-order chi connectivity index (χ1) is 25.0. The zero-order chi connectivity index (χ0) is 37.1. The molecule has 0 bridgehead atoms. The van der Waals surface area contributed by atoms with Gasteiger partial charge >= 0.3 is 5.97 Å². The van der Waals surface area contributed by atoms with E-state index in [0.717, 1.165) is 4.88 Å². The van der Waals surface area contributed by atoms with Crippen molar-refractivity contribution in [2.45, 2.75) is 48.8 Å². The Hall–Kier alpha value is -4.97. The van der Waals surface area contributed by atoms with Crippen molar-refractivity contribution in [1.29, 1.82) is 0 Å². The van der Waals surface area contributed by atoms with Gasteiger partial charge in [-0.15, -0.1) is 34.9 Å². The topological polar surface area (TPSA) is 206 Å². The number of carbonyl (C=O) groups excluding carboxylic acids is 5. The molecule has 1 aromatic carbocycles. The minimum Gasteiger partial charge on any atom is -0.543 e. The minimum atomic E-state index is -1.37. The highest BCUT2D eigenvalue weighted by Gasteiger charge is 2.54. The van der Waals surface area contributed by atoms with Gasteiger partial charge in [-0.1, -0.05) is 42.5 Å². The summed E-state index contributed by atoms with van der Waals surface area (Å²) >= 11 is 4.36. The van der Waals surface area contributed by atoms with Crippen LogP contribution in [0.2, 0.25) is 0 Å². The third kappa shape index (κ3) is 7.48. The summed E-state index contributed by atoms with van der Waals surface area (Å²) in [6, 6.07) is 15.8. The molecular formula is C35H34N6O8S3. The van der Waals surface area contributed by atoms with Crippen LogP contribution in [0.5, 0.6) is 0 Å². The van der Waals surface area contributed by atoms with Gasteiger partial charge in [-0.2, -0.15) is 0 Å². The smallest absolute Gasteiger partial charge is 0.352 e. The molecule has 270 valence electrons. The normalized spacial score (nSPS) is 22.5. The Kier molecular flexibility index (Phi) is 11.1. The summed E-state index contributed by atoms with van der Waals surface area (Å²) < 4.78 is 1.85. The second-order valence-corrected chi connectivity index (χ2v) is 15.5. The van der Waals surface area contributed by atoms with Crippen molar-refractivity contribution in [3.8, 4) is 0 Å². The van der Waals surface area contributed by atoms with Crippen LogP contribution in [0.1, 0.15) is 23.4 Å². The highest BCUT2D eigenvalue weighted by atomic mass is 32.2. The molecule has 0 saturated carbocycles. The lowest BCUT2D eigenvalue weighted by Crippen LogP contribution is -2.71. The van der Waals surface area contributed by atoms with Crippen LogP contribution in [-0.2, 0) is 41.7 Å². The summed E-state index contributed by atoms with van der Waals surface area (Å²) in [4.78, 5) is 76.0. The SMILES string of the molecule is CC1=C(C(=O)O)N2C(=O)[C@@H](NC(=O)[C@H](N)c3ccccc3)[C@H]2SC1.O=C(Cc1cccs1)N[C@@H]1C(=O)N2C(C(=O)[O-])=C(C[n+]3ccccc3)CS[C@H]12. The van der Waals surface area contributed by atoms with Gasteiger partial charge < -0.3 is 31.4 Å². The number of thioether (sulfide) groups is 2. The first-order valence-corrected chi connectivity index (χ1v) is 19.1. The van der Waals surface area contributed by atoms with Crippen LogP contribution in [0.3, 0.4) is 0 Å². The number of amides is 4. The van der Waals surface area contributed by atoms with E-state index in [1.54, 1.807) is 31.2 Å². The third-order valence-electron chi connectivity index (χ3n) is 8.72. The van der Waals surface area contributed by atoms with Gasteiger partial charge in [0.05, 0.1) is 18.1 Å². The number of benzene rings is 1. The number of nitrogens with zero attached hydrogens (tertiary/aromatic N) is 3. The molecule has 3 aromatic rings. The van der Waals surface area contributed by atoms with Gasteiger partial charge in [0, 0.05) is 34.1 Å². The fourth-order valence-corrected chi connectivity index (χ4v) is 9.51. The molecule has 0 spiro atoms. The standard InChI is InChI=1S/C19H17N3O4S2.C16H17N3O4S/c23-14(9-13-5-4-8-27-13)20-15-17(24)22-16(19(25)26)12(11-28-18(15)22)10-21-6-2-1-3-7-21;1-8-7-24-15-11(14(21)19(15)12(8)16(22)23)18-13(20)10(17)9-5-3-2-4-6-9/h1-8,15,18H,9-11H2,(H-,20,23,25,26);2-6,10-11,15H,7,17H2,1H3,(H,18,20)(H,22,23)/t15-,18-;10-,11-,15-/m11/s1. The molecule has 7 rings (SSSR count). The summed E-state index contributed by atoms with van der Waals surface area (Å²) in [5, 5.41) is 27.5. The van der Waals surface area contributed by atoms with Gasteiger partial charge in [0.15, 0.2) is 18.9 Å². The van der Waals surface area contributed by atoms with Crippen molar-refractivity contribution >= 4 is 70.4 Å². The number of carboxylic acids is 2. The first kappa shape index (κ1) is 36.8. The van der Waals surface area contributed by atoms with E-state index in [0.29, 0.717) is 34.8 Å². The Bertz CT molecular complexity index is 1960. The maximum Gasteiger partial charge on any atom is 0.352 e. The number of rotatable bonds is 10. The predicted molar refractivity (Wildman–Crippen MR) is 190 cm³/mol. The third-order valence-corrected chi connectivity index (χ3v) is 12.4. The maximum atomic E-state index is 12.6.